The highest BCUT2D eigenvalue weighted by Crippen LogP contribution is 2.25. The molecule has 0 aliphatic heterocycles. The molecule has 1 unspecified atom stereocenters. The number of aromatic nitrogens is 2. The third-order valence-electron chi connectivity index (χ3n) is 3.40. The van der Waals surface area contributed by atoms with Crippen LogP contribution in [0.1, 0.15) is 29.9 Å². The van der Waals surface area contributed by atoms with Crippen molar-refractivity contribution in [1.29, 1.82) is 0 Å². The Bertz CT molecular complexity index is 593. The van der Waals surface area contributed by atoms with Crippen LogP contribution in [-0.4, -0.2) is 24.1 Å². The predicted octanol–water partition coefficient (Wildman–Crippen LogP) is 3.33. The van der Waals surface area contributed by atoms with E-state index in [1.54, 1.807) is 12.4 Å². The minimum atomic E-state index is 0.126. The first-order valence-corrected chi connectivity index (χ1v) is 6.81. The largest absolute Gasteiger partial charge is 0.377 e. The molecule has 106 valence electrons. The molecule has 0 spiro atoms. The first-order chi connectivity index (χ1) is 9.49. The van der Waals surface area contributed by atoms with Crippen LogP contribution in [0, 0.1) is 13.8 Å². The van der Waals surface area contributed by atoms with Crippen LogP contribution in [0.4, 0.5) is 11.4 Å². The molecule has 2 aromatic rings. The second-order valence-electron chi connectivity index (χ2n) is 5.29. The van der Waals surface area contributed by atoms with Crippen LogP contribution >= 0.6 is 0 Å². The molecule has 0 amide bonds. The van der Waals surface area contributed by atoms with Gasteiger partial charge >= 0.3 is 0 Å². The summed E-state index contributed by atoms with van der Waals surface area (Å²) in [6.45, 7) is 6.21. The van der Waals surface area contributed by atoms with E-state index in [-0.39, 0.29) is 6.04 Å². The van der Waals surface area contributed by atoms with Gasteiger partial charge in [-0.15, -0.1) is 0 Å². The van der Waals surface area contributed by atoms with Gasteiger partial charge in [0.2, 0.25) is 0 Å². The molecular formula is C16H22N4. The second-order valence-corrected chi connectivity index (χ2v) is 5.29. The number of hydrogen-bond acceptors (Lipinski definition) is 4. The minimum Gasteiger partial charge on any atom is -0.377 e. The molecule has 0 aliphatic carbocycles. The highest BCUT2D eigenvalue weighted by molar-refractivity contribution is 5.62. The smallest absolute Gasteiger partial charge is 0.0835 e. The summed E-state index contributed by atoms with van der Waals surface area (Å²) in [6.07, 6.45) is 3.46. The van der Waals surface area contributed by atoms with Crippen molar-refractivity contribution in [2.24, 2.45) is 0 Å². The average Bonchev–Trinajstić information content (AvgIpc) is 2.41. The zero-order chi connectivity index (χ0) is 14.7. The summed E-state index contributed by atoms with van der Waals surface area (Å²) in [5.74, 6) is 0. The van der Waals surface area contributed by atoms with E-state index in [2.05, 4.69) is 66.3 Å². The molecule has 0 fully saturated rings. The summed E-state index contributed by atoms with van der Waals surface area (Å²) in [5.41, 5.74) is 5.53. The van der Waals surface area contributed by atoms with Crippen LogP contribution in [0.15, 0.2) is 30.6 Å². The first-order valence-electron chi connectivity index (χ1n) is 6.81. The maximum atomic E-state index is 4.41. The van der Waals surface area contributed by atoms with Crippen LogP contribution in [0.3, 0.4) is 0 Å². The maximum absolute atomic E-state index is 4.41. The fourth-order valence-corrected chi connectivity index (χ4v) is 2.34. The van der Waals surface area contributed by atoms with E-state index in [0.717, 1.165) is 17.1 Å². The number of nitrogens with zero attached hydrogens (tertiary/aromatic N) is 3. The van der Waals surface area contributed by atoms with Crippen molar-refractivity contribution in [3.05, 3.63) is 47.5 Å². The van der Waals surface area contributed by atoms with Gasteiger partial charge in [-0.25, -0.2) is 0 Å². The van der Waals surface area contributed by atoms with Gasteiger partial charge in [-0.05, 0) is 38.5 Å². The van der Waals surface area contributed by atoms with E-state index in [9.17, 15) is 0 Å². The van der Waals surface area contributed by atoms with Gasteiger partial charge in [0.05, 0.1) is 17.4 Å². The van der Waals surface area contributed by atoms with Crippen LogP contribution in [0.5, 0.6) is 0 Å². The fourth-order valence-electron chi connectivity index (χ4n) is 2.34. The molecule has 2 rings (SSSR count). The monoisotopic (exact) mass is 270 g/mol. The topological polar surface area (TPSA) is 41.1 Å². The minimum absolute atomic E-state index is 0.126. The molecule has 0 aliphatic rings. The molecule has 1 N–H and O–H groups in total. The lowest BCUT2D eigenvalue weighted by Crippen LogP contribution is -2.13. The lowest BCUT2D eigenvalue weighted by molar-refractivity contribution is 0.810. The average molecular weight is 270 g/mol. The number of aryl methyl sites for hydroxylation is 2. The molecular weight excluding hydrogens is 248 g/mol. The van der Waals surface area contributed by atoms with Crippen molar-refractivity contribution in [2.45, 2.75) is 26.8 Å². The SMILES string of the molecule is Cc1ccc(NC(C)c2nccnc2C)cc1N(C)C. The van der Waals surface area contributed by atoms with Gasteiger partial charge in [0.1, 0.15) is 0 Å². The summed E-state index contributed by atoms with van der Waals surface area (Å²) in [5, 5.41) is 3.49. The lowest BCUT2D eigenvalue weighted by Gasteiger charge is -2.20. The number of rotatable bonds is 4. The van der Waals surface area contributed by atoms with Gasteiger partial charge in [-0.2, -0.15) is 0 Å². The number of benzene rings is 1. The number of nitrogens with one attached hydrogen (secondary N) is 1. The molecule has 0 radical (unpaired) electrons. The zero-order valence-corrected chi connectivity index (χ0v) is 12.8. The van der Waals surface area contributed by atoms with Crippen molar-refractivity contribution in [1.82, 2.24) is 9.97 Å². The van der Waals surface area contributed by atoms with Crippen molar-refractivity contribution >= 4 is 11.4 Å². The van der Waals surface area contributed by atoms with E-state index < -0.39 is 0 Å². The molecule has 20 heavy (non-hydrogen) atoms. The summed E-state index contributed by atoms with van der Waals surface area (Å²) in [4.78, 5) is 10.8. The van der Waals surface area contributed by atoms with E-state index in [1.807, 2.05) is 6.92 Å². The van der Waals surface area contributed by atoms with Gasteiger partial charge in [0.25, 0.3) is 0 Å². The standard InChI is InChI=1S/C16H22N4/c1-11-6-7-14(10-15(11)20(4)5)19-13(3)16-12(2)17-8-9-18-16/h6-10,13,19H,1-5H3. The van der Waals surface area contributed by atoms with Gasteiger partial charge in [0, 0.05) is 37.9 Å². The van der Waals surface area contributed by atoms with E-state index in [0.29, 0.717) is 0 Å². The number of hydrogen-bond donors (Lipinski definition) is 1. The molecule has 0 saturated carbocycles. The summed E-state index contributed by atoms with van der Waals surface area (Å²) >= 11 is 0. The van der Waals surface area contributed by atoms with Gasteiger partial charge in [0.15, 0.2) is 0 Å². The quantitative estimate of drug-likeness (QED) is 0.925. The van der Waals surface area contributed by atoms with Crippen LogP contribution in [0.2, 0.25) is 0 Å². The summed E-state index contributed by atoms with van der Waals surface area (Å²) in [6, 6.07) is 6.53. The molecule has 4 heteroatoms. The van der Waals surface area contributed by atoms with Crippen LogP contribution < -0.4 is 10.2 Å². The Morgan fingerprint density at radius 1 is 1.10 bits per heavy atom. The highest BCUT2D eigenvalue weighted by atomic mass is 15.1. The van der Waals surface area contributed by atoms with Crippen LogP contribution in [0.25, 0.3) is 0 Å². The Morgan fingerprint density at radius 3 is 2.45 bits per heavy atom. The molecule has 1 aromatic carbocycles. The van der Waals surface area contributed by atoms with Crippen molar-refractivity contribution < 1.29 is 0 Å². The normalized spacial score (nSPS) is 12.1. The Kier molecular flexibility index (Phi) is 4.23. The van der Waals surface area contributed by atoms with Crippen LogP contribution in [-0.2, 0) is 0 Å². The Labute approximate surface area is 120 Å². The van der Waals surface area contributed by atoms with E-state index in [1.165, 1.54) is 11.3 Å². The lowest BCUT2D eigenvalue weighted by atomic mass is 10.1. The fraction of sp³-hybridized carbons (Fsp3) is 0.375. The Morgan fingerprint density at radius 2 is 1.80 bits per heavy atom. The highest BCUT2D eigenvalue weighted by Gasteiger charge is 2.11. The molecule has 1 atom stereocenters. The number of anilines is 2. The Hall–Kier alpha value is -2.10. The summed E-state index contributed by atoms with van der Waals surface area (Å²) in [7, 11) is 4.12. The molecule has 4 nitrogen and oxygen atoms in total. The molecule has 0 bridgehead atoms. The molecule has 1 heterocycles. The van der Waals surface area contributed by atoms with Gasteiger partial charge < -0.3 is 10.2 Å². The molecule has 1 aromatic heterocycles. The van der Waals surface area contributed by atoms with Gasteiger partial charge in [-0.1, -0.05) is 6.07 Å². The van der Waals surface area contributed by atoms with Crippen molar-refractivity contribution in [3.8, 4) is 0 Å². The Balaban J connectivity index is 2.22. The van der Waals surface area contributed by atoms with Gasteiger partial charge in [-0.3, -0.25) is 9.97 Å². The van der Waals surface area contributed by atoms with E-state index >= 15 is 0 Å². The zero-order valence-electron chi connectivity index (χ0n) is 12.8. The maximum Gasteiger partial charge on any atom is 0.0835 e. The van der Waals surface area contributed by atoms with Crippen molar-refractivity contribution in [2.75, 3.05) is 24.3 Å². The molecule has 0 saturated heterocycles. The summed E-state index contributed by atoms with van der Waals surface area (Å²) < 4.78 is 0. The third-order valence-corrected chi connectivity index (χ3v) is 3.40. The van der Waals surface area contributed by atoms with Crippen molar-refractivity contribution in [3.63, 3.8) is 0 Å². The second kappa shape index (κ2) is 5.90. The first kappa shape index (κ1) is 14.3. The third kappa shape index (κ3) is 3.07. The van der Waals surface area contributed by atoms with E-state index in [4.69, 9.17) is 0 Å². The predicted molar refractivity (Wildman–Crippen MR) is 84.3 cm³/mol.